The summed E-state index contributed by atoms with van der Waals surface area (Å²) in [5.74, 6) is -1.71. The van der Waals surface area contributed by atoms with Crippen molar-refractivity contribution >= 4 is 11.7 Å². The lowest BCUT2D eigenvalue weighted by molar-refractivity contribution is -0.386. The monoisotopic (exact) mass is 241 g/mol. The molecule has 0 saturated carbocycles. The zero-order valence-corrected chi connectivity index (χ0v) is 9.44. The smallest absolute Gasteiger partial charge is 0.304 e. The van der Waals surface area contributed by atoms with Crippen LogP contribution >= 0.6 is 0 Å². The normalized spacial score (nSPS) is 11.2. The second-order valence-electron chi connectivity index (χ2n) is 4.37. The average Bonchev–Trinajstić information content (AvgIpc) is 2.14. The highest BCUT2D eigenvalue weighted by Crippen LogP contribution is 2.34. The number of carboxylic acids is 1. The van der Waals surface area contributed by atoms with Crippen LogP contribution in [-0.4, -0.2) is 16.0 Å². The van der Waals surface area contributed by atoms with Crippen molar-refractivity contribution in [2.45, 2.75) is 25.7 Å². The lowest BCUT2D eigenvalue weighted by Gasteiger charge is -2.22. The van der Waals surface area contributed by atoms with Crippen molar-refractivity contribution in [1.82, 2.24) is 0 Å². The van der Waals surface area contributed by atoms with Crippen LogP contribution in [0.3, 0.4) is 0 Å². The fraction of sp³-hybridized carbons (Fsp3) is 0.364. The van der Waals surface area contributed by atoms with Gasteiger partial charge in [-0.15, -0.1) is 0 Å². The lowest BCUT2D eigenvalue weighted by Crippen LogP contribution is -2.23. The Morgan fingerprint density at radius 3 is 2.59 bits per heavy atom. The molecule has 0 atom stereocenters. The molecular weight excluding hydrogens is 229 g/mol. The summed E-state index contributed by atoms with van der Waals surface area (Å²) in [6.07, 6.45) is -0.308. The molecule has 1 rings (SSSR count). The number of halogens is 1. The summed E-state index contributed by atoms with van der Waals surface area (Å²) in [6, 6.07) is 3.05. The van der Waals surface area contributed by atoms with Crippen LogP contribution in [0.1, 0.15) is 25.8 Å². The summed E-state index contributed by atoms with van der Waals surface area (Å²) in [4.78, 5) is 20.9. The van der Waals surface area contributed by atoms with E-state index >= 15 is 0 Å². The number of hydrogen-bond donors (Lipinski definition) is 1. The van der Waals surface area contributed by atoms with Gasteiger partial charge in [-0.1, -0.05) is 13.8 Å². The maximum absolute atomic E-state index is 13.1. The van der Waals surface area contributed by atoms with Crippen LogP contribution in [0.25, 0.3) is 0 Å². The predicted molar refractivity (Wildman–Crippen MR) is 58.3 cm³/mol. The number of nitrogens with zero attached hydrogens (tertiary/aromatic N) is 1. The first-order valence-electron chi connectivity index (χ1n) is 4.90. The van der Waals surface area contributed by atoms with Gasteiger partial charge in [-0.25, -0.2) is 4.39 Å². The molecule has 17 heavy (non-hydrogen) atoms. The van der Waals surface area contributed by atoms with Gasteiger partial charge in [-0.2, -0.15) is 0 Å². The van der Waals surface area contributed by atoms with E-state index in [0.29, 0.717) is 0 Å². The number of carbonyl (C=O) groups is 1. The third-order valence-electron chi connectivity index (χ3n) is 2.48. The second kappa shape index (κ2) is 4.48. The molecule has 0 aliphatic carbocycles. The van der Waals surface area contributed by atoms with Gasteiger partial charge < -0.3 is 5.11 Å². The molecule has 0 amide bonds. The minimum atomic E-state index is -1.09. The van der Waals surface area contributed by atoms with Crippen molar-refractivity contribution in [2.24, 2.45) is 0 Å². The van der Waals surface area contributed by atoms with Crippen LogP contribution in [0.4, 0.5) is 10.1 Å². The SMILES string of the molecule is CC(C)(CC(=O)O)c1cc(F)ccc1[N+](=O)[O-]. The molecule has 1 N–H and O–H groups in total. The Balaban J connectivity index is 3.32. The second-order valence-corrected chi connectivity index (χ2v) is 4.37. The fourth-order valence-corrected chi connectivity index (χ4v) is 1.68. The first-order valence-corrected chi connectivity index (χ1v) is 4.90. The number of nitro benzene ring substituents is 1. The molecule has 0 bridgehead atoms. The molecular formula is C11H12FNO4. The number of aliphatic carboxylic acids is 1. The van der Waals surface area contributed by atoms with Gasteiger partial charge in [0.05, 0.1) is 11.3 Å². The highest BCUT2D eigenvalue weighted by atomic mass is 19.1. The van der Waals surface area contributed by atoms with E-state index in [9.17, 15) is 19.3 Å². The predicted octanol–water partition coefficient (Wildman–Crippen LogP) is 2.49. The topological polar surface area (TPSA) is 80.4 Å². The molecule has 0 aliphatic rings. The Morgan fingerprint density at radius 2 is 2.12 bits per heavy atom. The average molecular weight is 241 g/mol. The van der Waals surface area contributed by atoms with Crippen LogP contribution in [0.15, 0.2) is 18.2 Å². The van der Waals surface area contributed by atoms with E-state index in [0.717, 1.165) is 18.2 Å². The van der Waals surface area contributed by atoms with Crippen LogP contribution in [-0.2, 0) is 10.2 Å². The Labute approximate surface area is 97.0 Å². The molecule has 0 unspecified atom stereocenters. The molecule has 6 heteroatoms. The first kappa shape index (κ1) is 13.1. The van der Waals surface area contributed by atoms with Crippen molar-refractivity contribution in [2.75, 3.05) is 0 Å². The third-order valence-corrected chi connectivity index (χ3v) is 2.48. The molecule has 1 aromatic carbocycles. The molecule has 1 aromatic rings. The third kappa shape index (κ3) is 2.99. The standard InChI is InChI=1S/C11H12FNO4/c1-11(2,6-10(14)15)8-5-7(12)3-4-9(8)13(16)17/h3-5H,6H2,1-2H3,(H,14,15). The summed E-state index contributed by atoms with van der Waals surface area (Å²) >= 11 is 0. The maximum Gasteiger partial charge on any atom is 0.304 e. The highest BCUT2D eigenvalue weighted by Gasteiger charge is 2.31. The van der Waals surface area contributed by atoms with Gasteiger partial charge in [-0.05, 0) is 12.1 Å². The summed E-state index contributed by atoms with van der Waals surface area (Å²) in [5, 5.41) is 19.5. The van der Waals surface area contributed by atoms with Gasteiger partial charge in [0.1, 0.15) is 5.82 Å². The largest absolute Gasteiger partial charge is 0.481 e. The number of nitro groups is 1. The minimum Gasteiger partial charge on any atom is -0.481 e. The van der Waals surface area contributed by atoms with Crippen LogP contribution in [0.5, 0.6) is 0 Å². The molecule has 5 nitrogen and oxygen atoms in total. The van der Waals surface area contributed by atoms with E-state index in [4.69, 9.17) is 5.11 Å². The van der Waals surface area contributed by atoms with E-state index in [1.165, 1.54) is 13.8 Å². The van der Waals surface area contributed by atoms with Gasteiger partial charge in [0.25, 0.3) is 5.69 Å². The number of carboxylic acid groups (broad SMARTS) is 1. The Bertz CT molecular complexity index is 471. The van der Waals surface area contributed by atoms with E-state index in [2.05, 4.69) is 0 Å². The fourth-order valence-electron chi connectivity index (χ4n) is 1.68. The minimum absolute atomic E-state index is 0.0879. The zero-order chi connectivity index (χ0) is 13.2. The van der Waals surface area contributed by atoms with Gasteiger partial charge in [0.2, 0.25) is 0 Å². The summed E-state index contributed by atoms with van der Waals surface area (Å²) in [5.41, 5.74) is -1.18. The van der Waals surface area contributed by atoms with Crippen molar-refractivity contribution in [1.29, 1.82) is 0 Å². The first-order chi connectivity index (χ1) is 7.74. The molecule has 0 saturated heterocycles. The van der Waals surface area contributed by atoms with Gasteiger partial charge in [-0.3, -0.25) is 14.9 Å². The van der Waals surface area contributed by atoms with Crippen LogP contribution in [0.2, 0.25) is 0 Å². The van der Waals surface area contributed by atoms with Gasteiger partial charge in [0, 0.05) is 17.0 Å². The quantitative estimate of drug-likeness (QED) is 0.648. The summed E-state index contributed by atoms with van der Waals surface area (Å²) < 4.78 is 13.1. The number of hydrogen-bond acceptors (Lipinski definition) is 3. The Morgan fingerprint density at radius 1 is 1.53 bits per heavy atom. The summed E-state index contributed by atoms with van der Waals surface area (Å²) in [7, 11) is 0. The van der Waals surface area contributed by atoms with E-state index in [1.54, 1.807) is 0 Å². The highest BCUT2D eigenvalue weighted by molar-refractivity contribution is 5.69. The number of rotatable bonds is 4. The Kier molecular flexibility index (Phi) is 3.45. The van der Waals surface area contributed by atoms with E-state index < -0.39 is 22.1 Å². The van der Waals surface area contributed by atoms with Crippen molar-refractivity contribution in [3.63, 3.8) is 0 Å². The van der Waals surface area contributed by atoms with Crippen molar-refractivity contribution in [3.8, 4) is 0 Å². The van der Waals surface area contributed by atoms with Crippen LogP contribution in [0, 0.1) is 15.9 Å². The molecule has 0 fully saturated rings. The van der Waals surface area contributed by atoms with Crippen molar-refractivity contribution < 1.29 is 19.2 Å². The molecule has 0 radical (unpaired) electrons. The van der Waals surface area contributed by atoms with Gasteiger partial charge >= 0.3 is 5.97 Å². The summed E-state index contributed by atoms with van der Waals surface area (Å²) in [6.45, 7) is 3.06. The van der Waals surface area contributed by atoms with Crippen molar-refractivity contribution in [3.05, 3.63) is 39.7 Å². The molecule has 0 spiro atoms. The molecule has 0 aliphatic heterocycles. The van der Waals surface area contributed by atoms with Crippen LogP contribution < -0.4 is 0 Å². The van der Waals surface area contributed by atoms with E-state index in [1.807, 2.05) is 0 Å². The molecule has 0 heterocycles. The zero-order valence-electron chi connectivity index (χ0n) is 9.44. The maximum atomic E-state index is 13.1. The van der Waals surface area contributed by atoms with Gasteiger partial charge in [0.15, 0.2) is 0 Å². The molecule has 0 aromatic heterocycles. The lowest BCUT2D eigenvalue weighted by atomic mass is 9.80. The molecule has 92 valence electrons. The van der Waals surface area contributed by atoms with E-state index in [-0.39, 0.29) is 17.7 Å². The number of benzene rings is 1. The Hall–Kier alpha value is -1.98.